The van der Waals surface area contributed by atoms with Crippen molar-refractivity contribution in [3.8, 4) is 5.75 Å². The van der Waals surface area contributed by atoms with Gasteiger partial charge in [-0.3, -0.25) is 9.78 Å². The Hall–Kier alpha value is -2.51. The molecule has 1 aromatic carbocycles. The molecular formula is C19H21FN2O4. The lowest BCUT2D eigenvalue weighted by molar-refractivity contribution is -0.0874. The molecule has 0 radical (unpaired) electrons. The fourth-order valence-electron chi connectivity index (χ4n) is 3.11. The molecule has 7 heteroatoms. The number of aliphatic hydroxyl groups excluding tert-OH is 2. The van der Waals surface area contributed by atoms with Gasteiger partial charge in [0.05, 0.1) is 11.6 Å². The van der Waals surface area contributed by atoms with Gasteiger partial charge in [0.15, 0.2) is 0 Å². The third-order valence-electron chi connectivity index (χ3n) is 4.56. The number of pyridine rings is 1. The topological polar surface area (TPSA) is 91.7 Å². The van der Waals surface area contributed by atoms with Crippen LogP contribution >= 0.6 is 0 Å². The average Bonchev–Trinajstić information content (AvgIpc) is 2.62. The number of aryl methyl sites for hydroxylation is 1. The van der Waals surface area contributed by atoms with Crippen molar-refractivity contribution in [1.29, 1.82) is 0 Å². The van der Waals surface area contributed by atoms with Crippen molar-refractivity contribution in [2.24, 2.45) is 0 Å². The zero-order chi connectivity index (χ0) is 18.7. The molecule has 0 spiro atoms. The van der Waals surface area contributed by atoms with Gasteiger partial charge in [-0.1, -0.05) is 6.07 Å². The van der Waals surface area contributed by atoms with Crippen molar-refractivity contribution in [3.63, 3.8) is 0 Å². The van der Waals surface area contributed by atoms with E-state index in [0.717, 1.165) is 0 Å². The van der Waals surface area contributed by atoms with Gasteiger partial charge < -0.3 is 20.3 Å². The van der Waals surface area contributed by atoms with Crippen LogP contribution in [0.25, 0.3) is 0 Å². The highest BCUT2D eigenvalue weighted by Gasteiger charge is 2.39. The number of rotatable bonds is 4. The zero-order valence-corrected chi connectivity index (χ0v) is 14.3. The van der Waals surface area contributed by atoms with Crippen molar-refractivity contribution in [2.75, 3.05) is 0 Å². The van der Waals surface area contributed by atoms with Gasteiger partial charge in [-0.25, -0.2) is 4.39 Å². The predicted octanol–water partition coefficient (Wildman–Crippen LogP) is 1.59. The number of amides is 1. The number of aliphatic hydroxyl groups is 2. The van der Waals surface area contributed by atoms with Gasteiger partial charge in [0.25, 0.3) is 5.91 Å². The number of hydrogen-bond donors (Lipinski definition) is 3. The predicted molar refractivity (Wildman–Crippen MR) is 92.3 cm³/mol. The number of carbonyl (C=O) groups excluding carboxylic acids is 1. The van der Waals surface area contributed by atoms with E-state index in [-0.39, 0.29) is 11.7 Å². The van der Waals surface area contributed by atoms with E-state index in [9.17, 15) is 19.4 Å². The SMILES string of the molecule is Cc1ncccc1C(=O)N[C@@H]1CC[C@@H](Oc2cccc(F)c2)[C@H](O)[C@H]1O. The summed E-state index contributed by atoms with van der Waals surface area (Å²) in [7, 11) is 0. The number of nitrogens with one attached hydrogen (secondary N) is 1. The summed E-state index contributed by atoms with van der Waals surface area (Å²) >= 11 is 0. The third-order valence-corrected chi connectivity index (χ3v) is 4.56. The lowest BCUT2D eigenvalue weighted by atomic mass is 9.87. The molecule has 0 saturated heterocycles. The minimum atomic E-state index is -1.20. The molecule has 3 N–H and O–H groups in total. The van der Waals surface area contributed by atoms with Crippen LogP contribution in [-0.4, -0.2) is 45.5 Å². The summed E-state index contributed by atoms with van der Waals surface area (Å²) in [4.78, 5) is 16.4. The summed E-state index contributed by atoms with van der Waals surface area (Å²) in [5.74, 6) is -0.503. The molecule has 1 saturated carbocycles. The zero-order valence-electron chi connectivity index (χ0n) is 14.3. The lowest BCUT2D eigenvalue weighted by Crippen LogP contribution is -2.57. The fourth-order valence-corrected chi connectivity index (χ4v) is 3.11. The average molecular weight is 360 g/mol. The Morgan fingerprint density at radius 1 is 1.23 bits per heavy atom. The number of benzene rings is 1. The summed E-state index contributed by atoms with van der Waals surface area (Å²) in [6.07, 6.45) is -0.648. The van der Waals surface area contributed by atoms with Crippen molar-refractivity contribution in [2.45, 2.75) is 44.1 Å². The van der Waals surface area contributed by atoms with Crippen LogP contribution in [0, 0.1) is 12.7 Å². The summed E-state index contributed by atoms with van der Waals surface area (Å²) in [6.45, 7) is 1.73. The molecule has 1 amide bonds. The van der Waals surface area contributed by atoms with E-state index in [1.165, 1.54) is 18.2 Å². The Morgan fingerprint density at radius 3 is 2.77 bits per heavy atom. The molecule has 4 atom stereocenters. The molecule has 26 heavy (non-hydrogen) atoms. The first-order valence-electron chi connectivity index (χ1n) is 8.46. The maximum Gasteiger partial charge on any atom is 0.253 e. The maximum atomic E-state index is 13.3. The Bertz CT molecular complexity index is 786. The highest BCUT2D eigenvalue weighted by atomic mass is 19.1. The molecule has 1 aromatic heterocycles. The van der Waals surface area contributed by atoms with Crippen LogP contribution in [0.4, 0.5) is 4.39 Å². The van der Waals surface area contributed by atoms with Crippen LogP contribution in [0.5, 0.6) is 5.75 Å². The molecule has 1 heterocycles. The minimum absolute atomic E-state index is 0.287. The standard InChI is InChI=1S/C19H21FN2O4/c1-11-14(6-3-9-21-11)19(25)22-15-7-8-16(18(24)17(15)23)26-13-5-2-4-12(20)10-13/h2-6,9-10,15-18,23-24H,7-8H2,1H3,(H,22,25)/t15-,16-,17+,18+/m1/s1. The summed E-state index contributed by atoms with van der Waals surface area (Å²) in [6, 6.07) is 8.32. The summed E-state index contributed by atoms with van der Waals surface area (Å²) in [5, 5.41) is 23.5. The first kappa shape index (κ1) is 18.3. The minimum Gasteiger partial charge on any atom is -0.488 e. The Kier molecular flexibility index (Phi) is 5.49. The number of hydrogen-bond acceptors (Lipinski definition) is 5. The Labute approximate surface area is 150 Å². The Morgan fingerprint density at radius 2 is 2.04 bits per heavy atom. The second-order valence-electron chi connectivity index (χ2n) is 6.39. The summed E-state index contributed by atoms with van der Waals surface area (Å²) < 4.78 is 18.9. The van der Waals surface area contributed by atoms with Gasteiger partial charge in [-0.15, -0.1) is 0 Å². The monoisotopic (exact) mass is 360 g/mol. The number of nitrogens with zero attached hydrogens (tertiary/aromatic N) is 1. The van der Waals surface area contributed by atoms with Crippen molar-refractivity contribution in [1.82, 2.24) is 10.3 Å². The normalized spacial score (nSPS) is 25.5. The second kappa shape index (κ2) is 7.80. The highest BCUT2D eigenvalue weighted by Crippen LogP contribution is 2.25. The van der Waals surface area contributed by atoms with E-state index in [4.69, 9.17) is 4.74 Å². The molecule has 2 aromatic rings. The largest absolute Gasteiger partial charge is 0.488 e. The van der Waals surface area contributed by atoms with Gasteiger partial charge in [0.2, 0.25) is 0 Å². The van der Waals surface area contributed by atoms with Gasteiger partial charge >= 0.3 is 0 Å². The van der Waals surface area contributed by atoms with Crippen LogP contribution in [0.1, 0.15) is 28.9 Å². The highest BCUT2D eigenvalue weighted by molar-refractivity contribution is 5.95. The van der Waals surface area contributed by atoms with Crippen LogP contribution in [-0.2, 0) is 0 Å². The fraction of sp³-hybridized carbons (Fsp3) is 0.368. The molecule has 3 rings (SSSR count). The van der Waals surface area contributed by atoms with Crippen LogP contribution in [0.15, 0.2) is 42.6 Å². The van der Waals surface area contributed by atoms with Crippen molar-refractivity contribution < 1.29 is 24.1 Å². The van der Waals surface area contributed by atoms with Crippen LogP contribution in [0.2, 0.25) is 0 Å². The first-order valence-corrected chi connectivity index (χ1v) is 8.46. The Balaban J connectivity index is 1.63. The quantitative estimate of drug-likeness (QED) is 0.770. The van der Waals surface area contributed by atoms with E-state index in [2.05, 4.69) is 10.3 Å². The van der Waals surface area contributed by atoms with E-state index in [0.29, 0.717) is 24.1 Å². The smallest absolute Gasteiger partial charge is 0.253 e. The van der Waals surface area contributed by atoms with E-state index in [1.807, 2.05) is 0 Å². The van der Waals surface area contributed by atoms with E-state index >= 15 is 0 Å². The van der Waals surface area contributed by atoms with E-state index in [1.54, 1.807) is 31.3 Å². The molecule has 0 bridgehead atoms. The number of carbonyl (C=O) groups is 1. The number of halogens is 1. The van der Waals surface area contributed by atoms with E-state index < -0.39 is 30.2 Å². The number of aromatic nitrogens is 1. The molecule has 0 aliphatic heterocycles. The van der Waals surface area contributed by atoms with Gasteiger partial charge in [-0.2, -0.15) is 0 Å². The van der Waals surface area contributed by atoms with Crippen molar-refractivity contribution >= 4 is 5.91 Å². The van der Waals surface area contributed by atoms with Gasteiger partial charge in [0, 0.05) is 18.0 Å². The first-order chi connectivity index (χ1) is 12.5. The molecule has 0 unspecified atom stereocenters. The molecule has 138 valence electrons. The molecular weight excluding hydrogens is 339 g/mol. The molecule has 1 fully saturated rings. The molecule has 1 aliphatic carbocycles. The maximum absolute atomic E-state index is 13.3. The third kappa shape index (κ3) is 4.00. The van der Waals surface area contributed by atoms with Crippen LogP contribution in [0.3, 0.4) is 0 Å². The second-order valence-corrected chi connectivity index (χ2v) is 6.39. The number of ether oxygens (including phenoxy) is 1. The molecule has 1 aliphatic rings. The van der Waals surface area contributed by atoms with Crippen LogP contribution < -0.4 is 10.1 Å². The summed E-state index contributed by atoms with van der Waals surface area (Å²) in [5.41, 5.74) is 1.01. The van der Waals surface area contributed by atoms with Crippen molar-refractivity contribution in [3.05, 3.63) is 59.7 Å². The lowest BCUT2D eigenvalue weighted by Gasteiger charge is -2.37. The molecule has 6 nitrogen and oxygen atoms in total. The van der Waals surface area contributed by atoms with Gasteiger partial charge in [-0.05, 0) is 44.0 Å². The van der Waals surface area contributed by atoms with Gasteiger partial charge in [0.1, 0.15) is 29.9 Å².